The van der Waals surface area contributed by atoms with Gasteiger partial charge in [0.15, 0.2) is 5.37 Å². The lowest BCUT2D eigenvalue weighted by molar-refractivity contribution is -0.121. The lowest BCUT2D eigenvalue weighted by Crippen LogP contribution is -2.44. The molecule has 1 heterocycles. The molecule has 1 saturated heterocycles. The van der Waals surface area contributed by atoms with Gasteiger partial charge in [0.25, 0.3) is 11.1 Å². The number of hydrogen-bond acceptors (Lipinski definition) is 5. The zero-order valence-electron chi connectivity index (χ0n) is 14.6. The molecule has 0 aromatic heterocycles. The van der Waals surface area contributed by atoms with E-state index in [0.717, 1.165) is 22.2 Å². The van der Waals surface area contributed by atoms with Crippen molar-refractivity contribution in [3.05, 3.63) is 54.1 Å². The van der Waals surface area contributed by atoms with Crippen molar-refractivity contribution >= 4 is 40.2 Å². The van der Waals surface area contributed by atoms with Crippen molar-refractivity contribution in [2.75, 3.05) is 16.9 Å². The molecule has 1 aliphatic rings. The number of anilines is 2. The van der Waals surface area contributed by atoms with Gasteiger partial charge in [-0.15, -0.1) is 0 Å². The van der Waals surface area contributed by atoms with E-state index in [4.69, 9.17) is 4.74 Å². The monoisotopic (exact) mass is 370 g/mol. The molecule has 3 amide bonds. The Morgan fingerprint density at radius 1 is 1.15 bits per heavy atom. The first kappa shape index (κ1) is 18.0. The minimum Gasteiger partial charge on any atom is -0.495 e. The van der Waals surface area contributed by atoms with Crippen LogP contribution in [0.2, 0.25) is 0 Å². The number of methoxy groups -OCH3 is 1. The summed E-state index contributed by atoms with van der Waals surface area (Å²) in [5.74, 6) is -0.344. The number of imide groups is 1. The number of thioether (sulfide) groups is 1. The minimum atomic E-state index is -0.975. The number of amides is 3. The van der Waals surface area contributed by atoms with E-state index >= 15 is 0 Å². The van der Waals surface area contributed by atoms with E-state index in [1.807, 2.05) is 13.0 Å². The molecular formula is C19H18N2O4S. The molecule has 26 heavy (non-hydrogen) atoms. The topological polar surface area (TPSA) is 66.9 Å². The number of hydrogen-bond donors (Lipinski definition) is 0. The first-order valence-electron chi connectivity index (χ1n) is 7.98. The SMILES string of the molecule is COc1ccccc1N(C(C)=O)[C@H]1SC(=O)N(c2cccc(C)c2)C1=O. The zero-order chi connectivity index (χ0) is 18.8. The van der Waals surface area contributed by atoms with Crippen LogP contribution in [-0.4, -0.2) is 29.5 Å². The van der Waals surface area contributed by atoms with Crippen LogP contribution in [0.1, 0.15) is 12.5 Å². The highest BCUT2D eigenvalue weighted by Crippen LogP contribution is 2.39. The Bertz CT molecular complexity index is 883. The molecule has 0 aliphatic carbocycles. The maximum Gasteiger partial charge on any atom is 0.295 e. The summed E-state index contributed by atoms with van der Waals surface area (Å²) in [6.07, 6.45) is 0. The molecule has 3 rings (SSSR count). The van der Waals surface area contributed by atoms with Gasteiger partial charge >= 0.3 is 0 Å². The van der Waals surface area contributed by atoms with Gasteiger partial charge in [0.05, 0.1) is 18.5 Å². The van der Waals surface area contributed by atoms with Gasteiger partial charge in [-0.25, -0.2) is 4.90 Å². The fraction of sp³-hybridized carbons (Fsp3) is 0.211. The molecule has 7 heteroatoms. The summed E-state index contributed by atoms with van der Waals surface area (Å²) in [5.41, 5.74) is 1.88. The predicted octanol–water partition coefficient (Wildman–Crippen LogP) is 3.58. The van der Waals surface area contributed by atoms with Crippen LogP contribution >= 0.6 is 11.8 Å². The maximum absolute atomic E-state index is 13.0. The van der Waals surface area contributed by atoms with E-state index in [1.165, 1.54) is 18.9 Å². The van der Waals surface area contributed by atoms with Gasteiger partial charge in [0.1, 0.15) is 5.75 Å². The molecule has 1 aliphatic heterocycles. The minimum absolute atomic E-state index is 0.348. The number of benzene rings is 2. The number of carbonyl (C=O) groups is 3. The Morgan fingerprint density at radius 3 is 2.54 bits per heavy atom. The number of para-hydroxylation sites is 2. The van der Waals surface area contributed by atoms with E-state index in [9.17, 15) is 14.4 Å². The average Bonchev–Trinajstić information content (AvgIpc) is 2.89. The van der Waals surface area contributed by atoms with E-state index in [2.05, 4.69) is 0 Å². The molecule has 0 spiro atoms. The highest BCUT2D eigenvalue weighted by atomic mass is 32.2. The fourth-order valence-corrected chi connectivity index (χ4v) is 3.92. The third kappa shape index (κ3) is 3.17. The van der Waals surface area contributed by atoms with E-state index in [-0.39, 0.29) is 5.91 Å². The fourth-order valence-electron chi connectivity index (χ4n) is 2.85. The summed E-state index contributed by atoms with van der Waals surface area (Å²) in [7, 11) is 1.49. The van der Waals surface area contributed by atoms with Crippen molar-refractivity contribution in [1.82, 2.24) is 0 Å². The molecule has 0 saturated carbocycles. The van der Waals surface area contributed by atoms with Crippen LogP contribution in [0.15, 0.2) is 48.5 Å². The third-order valence-corrected chi connectivity index (χ3v) is 5.02. The molecular weight excluding hydrogens is 352 g/mol. The van der Waals surface area contributed by atoms with Crippen LogP contribution in [0.4, 0.5) is 16.2 Å². The number of nitrogens with zero attached hydrogens (tertiary/aromatic N) is 2. The van der Waals surface area contributed by atoms with Crippen LogP contribution < -0.4 is 14.5 Å². The Balaban J connectivity index is 2.01. The Kier molecular flexibility index (Phi) is 4.99. The number of aryl methyl sites for hydroxylation is 1. The zero-order valence-corrected chi connectivity index (χ0v) is 15.4. The third-order valence-electron chi connectivity index (χ3n) is 4.00. The van der Waals surface area contributed by atoms with Crippen LogP contribution in [0.3, 0.4) is 0 Å². The van der Waals surface area contributed by atoms with Crippen molar-refractivity contribution in [3.63, 3.8) is 0 Å². The molecule has 2 aromatic rings. The lowest BCUT2D eigenvalue weighted by atomic mass is 10.2. The summed E-state index contributed by atoms with van der Waals surface area (Å²) in [5, 5.41) is -1.39. The number of ether oxygens (including phenoxy) is 1. The van der Waals surface area contributed by atoms with Crippen molar-refractivity contribution in [3.8, 4) is 5.75 Å². The molecule has 0 bridgehead atoms. The summed E-state index contributed by atoms with van der Waals surface area (Å²) in [6.45, 7) is 3.25. The van der Waals surface area contributed by atoms with Crippen molar-refractivity contribution in [2.24, 2.45) is 0 Å². The molecule has 1 fully saturated rings. The van der Waals surface area contributed by atoms with Gasteiger partial charge in [0, 0.05) is 6.92 Å². The largest absolute Gasteiger partial charge is 0.495 e. The second kappa shape index (κ2) is 7.21. The average molecular weight is 370 g/mol. The van der Waals surface area contributed by atoms with E-state index in [0.29, 0.717) is 17.1 Å². The highest BCUT2D eigenvalue weighted by molar-refractivity contribution is 8.16. The van der Waals surface area contributed by atoms with Gasteiger partial charge < -0.3 is 4.74 Å². The standard InChI is InChI=1S/C19H18N2O4S/c1-12-7-6-8-14(11-12)21-17(23)18(26-19(21)24)20(13(2)22)15-9-4-5-10-16(15)25-3/h4-11,18H,1-3H3/t18-/m0/s1. The van der Waals surface area contributed by atoms with E-state index in [1.54, 1.807) is 42.5 Å². The van der Waals surface area contributed by atoms with Crippen LogP contribution in [0.25, 0.3) is 0 Å². The van der Waals surface area contributed by atoms with Crippen molar-refractivity contribution in [1.29, 1.82) is 0 Å². The Hall–Kier alpha value is -2.80. The Morgan fingerprint density at radius 2 is 1.88 bits per heavy atom. The van der Waals surface area contributed by atoms with Gasteiger partial charge in [-0.05, 0) is 48.5 Å². The van der Waals surface area contributed by atoms with E-state index < -0.39 is 16.5 Å². The smallest absolute Gasteiger partial charge is 0.295 e. The maximum atomic E-state index is 13.0. The Labute approximate surface area is 155 Å². The van der Waals surface area contributed by atoms with Crippen LogP contribution in [0.5, 0.6) is 5.75 Å². The van der Waals surface area contributed by atoms with Crippen LogP contribution in [0, 0.1) is 6.92 Å². The van der Waals surface area contributed by atoms with Gasteiger partial charge in [-0.2, -0.15) is 0 Å². The molecule has 6 nitrogen and oxygen atoms in total. The molecule has 0 radical (unpaired) electrons. The summed E-state index contributed by atoms with van der Waals surface area (Å²) < 4.78 is 5.31. The lowest BCUT2D eigenvalue weighted by Gasteiger charge is -2.27. The molecule has 0 unspecified atom stereocenters. The first-order chi connectivity index (χ1) is 12.4. The summed E-state index contributed by atoms with van der Waals surface area (Å²) in [6, 6.07) is 14.0. The first-order valence-corrected chi connectivity index (χ1v) is 8.86. The second-order valence-corrected chi connectivity index (χ2v) is 6.84. The summed E-state index contributed by atoms with van der Waals surface area (Å²) in [4.78, 5) is 40.3. The quantitative estimate of drug-likeness (QED) is 0.823. The summed E-state index contributed by atoms with van der Waals surface area (Å²) >= 11 is 0.820. The van der Waals surface area contributed by atoms with Gasteiger partial charge in [0.2, 0.25) is 5.91 Å². The van der Waals surface area contributed by atoms with Gasteiger partial charge in [-0.3, -0.25) is 19.3 Å². The number of rotatable bonds is 4. The molecule has 2 aromatic carbocycles. The second-order valence-electron chi connectivity index (χ2n) is 5.81. The van der Waals surface area contributed by atoms with Gasteiger partial charge in [-0.1, -0.05) is 24.3 Å². The normalized spacial score (nSPS) is 16.7. The number of carbonyl (C=O) groups excluding carboxylic acids is 3. The molecule has 134 valence electrons. The molecule has 1 atom stereocenters. The van der Waals surface area contributed by atoms with Crippen LogP contribution in [-0.2, 0) is 9.59 Å². The molecule has 0 N–H and O–H groups in total. The van der Waals surface area contributed by atoms with Crippen molar-refractivity contribution < 1.29 is 19.1 Å². The predicted molar refractivity (Wildman–Crippen MR) is 102 cm³/mol. The highest BCUT2D eigenvalue weighted by Gasteiger charge is 2.46. The van der Waals surface area contributed by atoms with Crippen molar-refractivity contribution in [2.45, 2.75) is 19.2 Å².